The van der Waals surface area contributed by atoms with Crippen LogP contribution in [-0.2, 0) is 28.5 Å². The summed E-state index contributed by atoms with van der Waals surface area (Å²) in [6.45, 7) is 20.3. The van der Waals surface area contributed by atoms with E-state index in [-0.39, 0.29) is 24.0 Å². The Morgan fingerprint density at radius 3 is 1.43 bits per heavy atom. The molecule has 0 bridgehead atoms. The lowest BCUT2D eigenvalue weighted by atomic mass is 9.94. The molecule has 0 spiro atoms. The van der Waals surface area contributed by atoms with Crippen molar-refractivity contribution >= 4 is 18.1 Å². The Hall–Kier alpha value is -1.87. The molecule has 0 fully saturated rings. The first kappa shape index (κ1) is 54.1. The third-order valence-electron chi connectivity index (χ3n) is 11.0. The summed E-state index contributed by atoms with van der Waals surface area (Å²) in [6, 6.07) is 0. The minimum Gasteiger partial charge on any atom is -0.466 e. The largest absolute Gasteiger partial charge is 0.508 e. The average molecular weight is 797 g/mol. The average Bonchev–Trinajstić information content (AvgIpc) is 3.20. The predicted molar refractivity (Wildman–Crippen MR) is 233 cm³/mol. The minimum atomic E-state index is -0.591. The van der Waals surface area contributed by atoms with Gasteiger partial charge in [0.2, 0.25) is 0 Å². The highest BCUT2D eigenvalue weighted by Crippen LogP contribution is 2.21. The Morgan fingerprint density at radius 2 is 0.875 bits per heavy atom. The molecule has 56 heavy (non-hydrogen) atoms. The van der Waals surface area contributed by atoms with E-state index >= 15 is 0 Å². The van der Waals surface area contributed by atoms with Crippen LogP contribution in [0.4, 0.5) is 4.79 Å². The molecule has 0 aliphatic rings. The van der Waals surface area contributed by atoms with E-state index in [2.05, 4.69) is 51.3 Å². The standard InChI is InChI=1S/C47H92N2O7/c1-7-13-17-21-27-40-53-45(50)35-26-25-34-44(33-24-20-16-10-4)56-47(52)55-42-30-39-49(37-28-36-48(11-5)12-6)38-29-41-54-46(51)43(31-22-18-14-8-2)32-23-19-15-9-3/h43-44H,7-42H2,1-6H3. The summed E-state index contributed by atoms with van der Waals surface area (Å²) in [6.07, 6.45) is 26.8. The lowest BCUT2D eigenvalue weighted by molar-refractivity contribution is -0.149. The van der Waals surface area contributed by atoms with Crippen molar-refractivity contribution in [3.05, 3.63) is 0 Å². The van der Waals surface area contributed by atoms with Gasteiger partial charge in [-0.1, -0.05) is 138 Å². The predicted octanol–water partition coefficient (Wildman–Crippen LogP) is 12.5. The molecule has 0 aliphatic carbocycles. The molecule has 0 rings (SSSR count). The Balaban J connectivity index is 4.86. The molecule has 1 unspecified atom stereocenters. The molecule has 0 radical (unpaired) electrons. The number of esters is 2. The molecule has 332 valence electrons. The van der Waals surface area contributed by atoms with Crippen LogP contribution in [0.15, 0.2) is 0 Å². The van der Waals surface area contributed by atoms with Crippen LogP contribution in [-0.4, -0.2) is 93.1 Å². The molecule has 9 heteroatoms. The van der Waals surface area contributed by atoms with E-state index in [1.165, 1.54) is 64.2 Å². The Kier molecular flexibility index (Phi) is 39.9. The maximum atomic E-state index is 13.1. The van der Waals surface area contributed by atoms with Crippen molar-refractivity contribution in [2.75, 3.05) is 59.1 Å². The lowest BCUT2D eigenvalue weighted by Gasteiger charge is -2.25. The monoisotopic (exact) mass is 797 g/mol. The molecule has 0 aromatic rings. The van der Waals surface area contributed by atoms with E-state index in [1.807, 2.05) is 0 Å². The highest BCUT2D eigenvalue weighted by Gasteiger charge is 2.20. The highest BCUT2D eigenvalue weighted by molar-refractivity contribution is 5.72. The van der Waals surface area contributed by atoms with Gasteiger partial charge in [0, 0.05) is 19.5 Å². The van der Waals surface area contributed by atoms with Crippen LogP contribution in [0.1, 0.15) is 215 Å². The molecule has 0 N–H and O–H groups in total. The number of carbonyl (C=O) groups is 3. The maximum Gasteiger partial charge on any atom is 0.508 e. The molecule has 9 nitrogen and oxygen atoms in total. The van der Waals surface area contributed by atoms with Crippen LogP contribution in [0.25, 0.3) is 0 Å². The topological polar surface area (TPSA) is 94.6 Å². The van der Waals surface area contributed by atoms with Gasteiger partial charge in [-0.15, -0.1) is 0 Å². The summed E-state index contributed by atoms with van der Waals surface area (Å²) < 4.78 is 22.7. The second-order valence-electron chi connectivity index (χ2n) is 16.1. The van der Waals surface area contributed by atoms with Gasteiger partial charge in [0.05, 0.1) is 25.7 Å². The molecular formula is C47H92N2O7. The summed E-state index contributed by atoms with van der Waals surface area (Å²) in [7, 11) is 0. The fraction of sp³-hybridized carbons (Fsp3) is 0.936. The number of hydrogen-bond acceptors (Lipinski definition) is 9. The van der Waals surface area contributed by atoms with Crippen molar-refractivity contribution in [3.8, 4) is 0 Å². The van der Waals surface area contributed by atoms with Gasteiger partial charge in [-0.25, -0.2) is 4.79 Å². The molecule has 0 amide bonds. The number of carbonyl (C=O) groups excluding carboxylic acids is 3. The van der Waals surface area contributed by atoms with Gasteiger partial charge in [-0.2, -0.15) is 0 Å². The zero-order chi connectivity index (χ0) is 41.3. The maximum absolute atomic E-state index is 13.1. The minimum absolute atomic E-state index is 0.00679. The van der Waals surface area contributed by atoms with Crippen molar-refractivity contribution in [2.24, 2.45) is 5.92 Å². The zero-order valence-corrected chi connectivity index (χ0v) is 37.9. The van der Waals surface area contributed by atoms with Crippen LogP contribution >= 0.6 is 0 Å². The van der Waals surface area contributed by atoms with Crippen molar-refractivity contribution in [3.63, 3.8) is 0 Å². The fourth-order valence-corrected chi connectivity index (χ4v) is 7.27. The summed E-state index contributed by atoms with van der Waals surface area (Å²) in [5.41, 5.74) is 0. The second kappa shape index (κ2) is 41.3. The number of nitrogens with zero attached hydrogens (tertiary/aromatic N) is 2. The van der Waals surface area contributed by atoms with E-state index < -0.39 is 6.16 Å². The van der Waals surface area contributed by atoms with Crippen LogP contribution in [0.3, 0.4) is 0 Å². The Bertz CT molecular complexity index is 873. The SMILES string of the molecule is CCCCCCCOC(=O)CCCCC(CCCCCC)OC(=O)OCCCN(CCCOC(=O)C(CCCCCC)CCCCCC)CCCN(CC)CC. The molecule has 0 aromatic carbocycles. The van der Waals surface area contributed by atoms with E-state index in [9.17, 15) is 14.4 Å². The number of unbranched alkanes of at least 4 members (excludes halogenated alkanes) is 14. The molecule has 1 atom stereocenters. The number of rotatable bonds is 42. The lowest BCUT2D eigenvalue weighted by Crippen LogP contribution is -2.32. The van der Waals surface area contributed by atoms with E-state index in [4.69, 9.17) is 18.9 Å². The van der Waals surface area contributed by atoms with E-state index in [0.717, 1.165) is 142 Å². The van der Waals surface area contributed by atoms with Crippen LogP contribution in [0.5, 0.6) is 0 Å². The van der Waals surface area contributed by atoms with Crippen LogP contribution in [0.2, 0.25) is 0 Å². The molecule has 0 saturated carbocycles. The first-order valence-electron chi connectivity index (χ1n) is 23.9. The third kappa shape index (κ3) is 34.2. The van der Waals surface area contributed by atoms with Gasteiger partial charge in [-0.3, -0.25) is 9.59 Å². The summed E-state index contributed by atoms with van der Waals surface area (Å²) in [5, 5.41) is 0. The Labute approximate surface area is 346 Å². The molecule has 0 saturated heterocycles. The first-order chi connectivity index (χ1) is 27.3. The van der Waals surface area contributed by atoms with Gasteiger partial charge < -0.3 is 28.7 Å². The van der Waals surface area contributed by atoms with Gasteiger partial charge in [-0.05, 0) is 96.8 Å². The van der Waals surface area contributed by atoms with Gasteiger partial charge in [0.15, 0.2) is 0 Å². The molecule has 0 heterocycles. The quantitative estimate of drug-likeness (QED) is 0.0340. The zero-order valence-electron chi connectivity index (χ0n) is 37.9. The summed E-state index contributed by atoms with van der Waals surface area (Å²) >= 11 is 0. The van der Waals surface area contributed by atoms with Crippen molar-refractivity contribution < 1.29 is 33.3 Å². The molecule has 0 aromatic heterocycles. The first-order valence-corrected chi connectivity index (χ1v) is 23.9. The van der Waals surface area contributed by atoms with Crippen LogP contribution < -0.4 is 0 Å². The normalized spacial score (nSPS) is 12.1. The highest BCUT2D eigenvalue weighted by atomic mass is 16.7. The molecule has 0 aliphatic heterocycles. The summed E-state index contributed by atoms with van der Waals surface area (Å²) in [5.74, 6) is -0.105. The number of hydrogen-bond donors (Lipinski definition) is 0. The smallest absolute Gasteiger partial charge is 0.466 e. The second-order valence-corrected chi connectivity index (χ2v) is 16.1. The van der Waals surface area contributed by atoms with Gasteiger partial charge in [0.1, 0.15) is 6.10 Å². The van der Waals surface area contributed by atoms with Gasteiger partial charge >= 0.3 is 18.1 Å². The van der Waals surface area contributed by atoms with Gasteiger partial charge in [0.25, 0.3) is 0 Å². The van der Waals surface area contributed by atoms with Crippen molar-refractivity contribution in [2.45, 2.75) is 221 Å². The van der Waals surface area contributed by atoms with E-state index in [0.29, 0.717) is 26.2 Å². The van der Waals surface area contributed by atoms with Crippen LogP contribution in [0, 0.1) is 5.92 Å². The van der Waals surface area contributed by atoms with Crippen molar-refractivity contribution in [1.29, 1.82) is 0 Å². The summed E-state index contributed by atoms with van der Waals surface area (Å²) in [4.78, 5) is 43.0. The number of ether oxygens (including phenoxy) is 4. The van der Waals surface area contributed by atoms with E-state index in [1.54, 1.807) is 0 Å². The third-order valence-corrected chi connectivity index (χ3v) is 11.0. The van der Waals surface area contributed by atoms with Crippen molar-refractivity contribution in [1.82, 2.24) is 9.80 Å². The fourth-order valence-electron chi connectivity index (χ4n) is 7.27. The molecular weight excluding hydrogens is 705 g/mol. The Morgan fingerprint density at radius 1 is 0.429 bits per heavy atom.